The van der Waals surface area contributed by atoms with Crippen LogP contribution in [0.15, 0.2) is 0 Å². The molecule has 2 N–H and O–H groups in total. The first-order valence-corrected chi connectivity index (χ1v) is 7.48. The fourth-order valence-electron chi connectivity index (χ4n) is 2.68. The van der Waals surface area contributed by atoms with Crippen molar-refractivity contribution in [1.82, 2.24) is 15.8 Å². The van der Waals surface area contributed by atoms with Gasteiger partial charge in [-0.3, -0.25) is 19.8 Å². The Kier molecular flexibility index (Phi) is 4.68. The summed E-state index contributed by atoms with van der Waals surface area (Å²) in [5.74, 6) is -2.03. The van der Waals surface area contributed by atoms with Gasteiger partial charge in [0, 0.05) is 0 Å². The average molecular weight is 311 g/mol. The molecule has 2 fully saturated rings. The number of nitrogens with one attached hydrogen (secondary N) is 2. The van der Waals surface area contributed by atoms with Crippen LogP contribution in [-0.2, 0) is 19.1 Å². The predicted octanol–water partition coefficient (Wildman–Crippen LogP) is 0.471. The minimum atomic E-state index is -0.892. The first-order valence-electron chi connectivity index (χ1n) is 7.48. The van der Waals surface area contributed by atoms with E-state index in [1.165, 1.54) is 0 Å². The molecule has 1 spiro atoms. The third-order valence-electron chi connectivity index (χ3n) is 3.92. The summed E-state index contributed by atoms with van der Waals surface area (Å²) < 4.78 is 4.76. The Labute approximate surface area is 128 Å². The molecule has 0 aromatic rings. The van der Waals surface area contributed by atoms with E-state index in [1.807, 2.05) is 0 Å². The maximum Gasteiger partial charge on any atom is 0.344 e. The summed E-state index contributed by atoms with van der Waals surface area (Å²) in [5.41, 5.74) is 1.31. The van der Waals surface area contributed by atoms with Crippen molar-refractivity contribution in [1.29, 1.82) is 0 Å². The zero-order valence-electron chi connectivity index (χ0n) is 12.8. The van der Waals surface area contributed by atoms with E-state index in [0.29, 0.717) is 17.9 Å². The van der Waals surface area contributed by atoms with Gasteiger partial charge in [-0.2, -0.15) is 5.01 Å². The molecule has 1 saturated carbocycles. The molecule has 8 nitrogen and oxygen atoms in total. The normalized spacial score (nSPS) is 20.2. The van der Waals surface area contributed by atoms with Gasteiger partial charge in [0.05, 0.1) is 5.92 Å². The third kappa shape index (κ3) is 3.20. The summed E-state index contributed by atoms with van der Waals surface area (Å²) in [7, 11) is 0. The van der Waals surface area contributed by atoms with Gasteiger partial charge in [-0.25, -0.2) is 4.79 Å². The van der Waals surface area contributed by atoms with Crippen LogP contribution in [0.4, 0.5) is 4.79 Å². The highest BCUT2D eigenvalue weighted by Gasteiger charge is 2.52. The van der Waals surface area contributed by atoms with E-state index in [4.69, 9.17) is 4.74 Å². The van der Waals surface area contributed by atoms with Gasteiger partial charge in [0.1, 0.15) is 5.54 Å². The van der Waals surface area contributed by atoms with E-state index < -0.39 is 36.0 Å². The second kappa shape index (κ2) is 6.33. The van der Waals surface area contributed by atoms with Crippen LogP contribution < -0.4 is 10.7 Å². The molecule has 4 amide bonds. The maximum atomic E-state index is 12.4. The lowest BCUT2D eigenvalue weighted by Gasteiger charge is -2.30. The van der Waals surface area contributed by atoms with Crippen molar-refractivity contribution in [3.8, 4) is 0 Å². The lowest BCUT2D eigenvalue weighted by Crippen LogP contribution is -2.51. The molecule has 0 aromatic heterocycles. The molecule has 0 unspecified atom stereocenters. The van der Waals surface area contributed by atoms with Crippen LogP contribution in [0.25, 0.3) is 0 Å². The summed E-state index contributed by atoms with van der Waals surface area (Å²) in [5, 5.41) is 3.36. The number of ether oxygens (including phenoxy) is 1. The zero-order chi connectivity index (χ0) is 16.3. The number of nitrogens with zero attached hydrogens (tertiary/aromatic N) is 1. The highest BCUT2D eigenvalue weighted by molar-refractivity contribution is 6.08. The fourth-order valence-corrected chi connectivity index (χ4v) is 2.68. The van der Waals surface area contributed by atoms with Gasteiger partial charge in [-0.1, -0.05) is 33.1 Å². The van der Waals surface area contributed by atoms with Gasteiger partial charge in [0.25, 0.3) is 11.8 Å². The van der Waals surface area contributed by atoms with Crippen LogP contribution in [0.5, 0.6) is 0 Å². The van der Waals surface area contributed by atoms with Crippen LogP contribution >= 0.6 is 0 Å². The van der Waals surface area contributed by atoms with Crippen LogP contribution in [0, 0.1) is 5.92 Å². The van der Waals surface area contributed by atoms with E-state index in [9.17, 15) is 19.2 Å². The van der Waals surface area contributed by atoms with E-state index in [1.54, 1.807) is 13.8 Å². The molecule has 2 rings (SSSR count). The number of esters is 1. The second-order valence-corrected chi connectivity index (χ2v) is 6.01. The number of carbonyl (C=O) groups is 4. The maximum absolute atomic E-state index is 12.4. The third-order valence-corrected chi connectivity index (χ3v) is 3.92. The highest BCUT2D eigenvalue weighted by Crippen LogP contribution is 2.32. The number of hydrazine groups is 1. The number of amides is 4. The average Bonchev–Trinajstić information content (AvgIpc) is 2.70. The summed E-state index contributed by atoms with van der Waals surface area (Å²) in [6, 6.07) is -0.643. The molecule has 0 atom stereocenters. The fraction of sp³-hybridized carbons (Fsp3) is 0.714. The van der Waals surface area contributed by atoms with E-state index >= 15 is 0 Å². The number of hydrogen-bond acceptors (Lipinski definition) is 5. The molecular weight excluding hydrogens is 290 g/mol. The monoisotopic (exact) mass is 311 g/mol. The van der Waals surface area contributed by atoms with Crippen LogP contribution in [0.2, 0.25) is 0 Å². The van der Waals surface area contributed by atoms with Crippen molar-refractivity contribution >= 4 is 23.8 Å². The van der Waals surface area contributed by atoms with Crippen LogP contribution in [0.3, 0.4) is 0 Å². The topological polar surface area (TPSA) is 105 Å². The Morgan fingerprint density at radius 1 is 1.27 bits per heavy atom. The Morgan fingerprint density at radius 2 is 1.91 bits per heavy atom. The van der Waals surface area contributed by atoms with E-state index in [2.05, 4.69) is 10.7 Å². The van der Waals surface area contributed by atoms with Crippen molar-refractivity contribution in [3.05, 3.63) is 0 Å². The van der Waals surface area contributed by atoms with Gasteiger partial charge in [-0.15, -0.1) is 0 Å². The van der Waals surface area contributed by atoms with Crippen LogP contribution in [0.1, 0.15) is 46.0 Å². The minimum absolute atomic E-state index is 0.352. The van der Waals surface area contributed by atoms with Crippen LogP contribution in [-0.4, -0.2) is 41.0 Å². The van der Waals surface area contributed by atoms with Gasteiger partial charge < -0.3 is 10.1 Å². The van der Waals surface area contributed by atoms with Gasteiger partial charge in [0.15, 0.2) is 6.61 Å². The van der Waals surface area contributed by atoms with Crippen molar-refractivity contribution in [2.45, 2.75) is 51.5 Å². The minimum Gasteiger partial charge on any atom is -0.455 e. The molecule has 1 aliphatic carbocycles. The van der Waals surface area contributed by atoms with Crippen molar-refractivity contribution in [3.63, 3.8) is 0 Å². The molecular formula is C14H21N3O5. The molecule has 0 radical (unpaired) electrons. The standard InChI is InChI=1S/C14H21N3O5/c1-9(2)11(19)22-8-10(18)16-17-12(20)14(15-13(17)21)6-4-3-5-7-14/h9H,3-8H2,1-2H3,(H,15,21)(H,16,18). The van der Waals surface area contributed by atoms with E-state index in [-0.39, 0.29) is 5.92 Å². The van der Waals surface area contributed by atoms with Crippen molar-refractivity contribution in [2.24, 2.45) is 5.92 Å². The molecule has 122 valence electrons. The molecule has 0 aromatic carbocycles. The molecule has 2 aliphatic rings. The molecule has 1 aliphatic heterocycles. The summed E-state index contributed by atoms with van der Waals surface area (Å²) in [6.07, 6.45) is 3.90. The summed E-state index contributed by atoms with van der Waals surface area (Å²) in [6.45, 7) is 2.76. The SMILES string of the molecule is CC(C)C(=O)OCC(=O)NN1C(=O)NC2(CCCCC2)C1=O. The Balaban J connectivity index is 1.92. The Hall–Kier alpha value is -2.12. The lowest BCUT2D eigenvalue weighted by atomic mass is 9.82. The zero-order valence-corrected chi connectivity index (χ0v) is 12.8. The molecule has 0 bridgehead atoms. The quantitative estimate of drug-likeness (QED) is 0.580. The van der Waals surface area contributed by atoms with Crippen molar-refractivity contribution in [2.75, 3.05) is 6.61 Å². The molecule has 22 heavy (non-hydrogen) atoms. The Bertz CT molecular complexity index is 497. The predicted molar refractivity (Wildman–Crippen MR) is 75.1 cm³/mol. The van der Waals surface area contributed by atoms with Gasteiger partial charge >= 0.3 is 12.0 Å². The molecule has 1 saturated heterocycles. The molecule has 8 heteroatoms. The first kappa shape index (κ1) is 16.3. The van der Waals surface area contributed by atoms with Crippen molar-refractivity contribution < 1.29 is 23.9 Å². The smallest absolute Gasteiger partial charge is 0.344 e. The first-order chi connectivity index (χ1) is 10.4. The lowest BCUT2D eigenvalue weighted by molar-refractivity contribution is -0.153. The molecule has 1 heterocycles. The largest absolute Gasteiger partial charge is 0.455 e. The summed E-state index contributed by atoms with van der Waals surface area (Å²) >= 11 is 0. The number of urea groups is 1. The number of imide groups is 1. The second-order valence-electron chi connectivity index (χ2n) is 6.01. The van der Waals surface area contributed by atoms with E-state index in [0.717, 1.165) is 19.3 Å². The number of rotatable bonds is 4. The number of hydrogen-bond donors (Lipinski definition) is 2. The Morgan fingerprint density at radius 3 is 2.50 bits per heavy atom. The number of carbonyl (C=O) groups excluding carboxylic acids is 4. The highest BCUT2D eigenvalue weighted by atomic mass is 16.5. The van der Waals surface area contributed by atoms with Gasteiger partial charge in [0.2, 0.25) is 0 Å². The van der Waals surface area contributed by atoms with Gasteiger partial charge in [-0.05, 0) is 12.8 Å². The summed E-state index contributed by atoms with van der Waals surface area (Å²) in [4.78, 5) is 47.3.